The van der Waals surface area contributed by atoms with Crippen molar-refractivity contribution in [3.05, 3.63) is 23.8 Å². The molecule has 0 aromatic heterocycles. The summed E-state index contributed by atoms with van der Waals surface area (Å²) in [5, 5.41) is 139. The third-order valence-corrected chi connectivity index (χ3v) is 20.5. The van der Waals surface area contributed by atoms with E-state index < -0.39 is 158 Å². The maximum Gasteiger partial charge on any atom is 0.315 e. The average Bonchev–Trinajstić information content (AvgIpc) is 3.37. The molecule has 4 saturated heterocycles. The van der Waals surface area contributed by atoms with Gasteiger partial charge in [0.2, 0.25) is 6.29 Å². The quantitative estimate of drug-likeness (QED) is 0.0613. The maximum absolute atomic E-state index is 14.9. The van der Waals surface area contributed by atoms with Crippen LogP contribution in [-0.2, 0) is 42.7 Å². The second-order valence-corrected chi connectivity index (χ2v) is 24.3. The van der Waals surface area contributed by atoms with Gasteiger partial charge in [0.05, 0.1) is 44.1 Å². The molecule has 9 rings (SSSR count). The van der Waals surface area contributed by atoms with Crippen LogP contribution in [0.4, 0.5) is 0 Å². The molecule has 4 aliphatic heterocycles. The first-order chi connectivity index (χ1) is 34.8. The number of fused-ring (bicyclic) bond motifs is 7. The largest absolute Gasteiger partial charge is 0.432 e. The van der Waals surface area contributed by atoms with Crippen LogP contribution >= 0.6 is 0 Å². The van der Waals surface area contributed by atoms with Crippen LogP contribution in [0, 0.1) is 44.8 Å². The minimum absolute atomic E-state index is 0.0517. The van der Waals surface area contributed by atoms with Crippen LogP contribution in [-0.4, -0.2) is 222 Å². The molecule has 0 amide bonds. The van der Waals surface area contributed by atoms with Crippen LogP contribution in [0.15, 0.2) is 23.8 Å². The molecule has 0 radical (unpaired) electrons. The molecule has 4 saturated carbocycles. The summed E-state index contributed by atoms with van der Waals surface area (Å²) in [6.07, 6.45) is -21.5. The van der Waals surface area contributed by atoms with E-state index in [1.807, 2.05) is 6.92 Å². The number of carbonyl (C=O) groups excluding carboxylic acids is 1. The molecule has 0 spiro atoms. The van der Waals surface area contributed by atoms with E-state index in [1.54, 1.807) is 0 Å². The van der Waals surface area contributed by atoms with Gasteiger partial charge < -0.3 is 104 Å². The van der Waals surface area contributed by atoms with Crippen LogP contribution < -0.4 is 0 Å². The second kappa shape index (κ2) is 21.0. The lowest BCUT2D eigenvalue weighted by atomic mass is 9.34. The van der Waals surface area contributed by atoms with Crippen molar-refractivity contribution in [2.24, 2.45) is 44.8 Å². The topological polar surface area (TPSA) is 354 Å². The SMILES string of the molecule is C=C1CC[C@]2(C(=O)O[C@@H]3O[C@H](CO[C@@H]4O[C@H](CO)[C@@H](O)[C@H](O)[C@H]4O)[C@@H](O)[C@H](O)[C@H]3O)CC[C@]3(C)C(=CC[C@@H]4[C@@]5(C)CC[C@H](O[C@@H]6OC[C@H](O)[C@H](O)[C@H]6O[C@@H]6O[C@@H](C)[C@H](O)[C@@H](O)[C@H]6O)[C@@](C)(CO)[C@@H]5CC[C@]43C)[C@@H]2C1. The fraction of sp³-hybridized carbons (Fsp3) is 0.904. The van der Waals surface area contributed by atoms with E-state index in [0.717, 1.165) is 24.0 Å². The first-order valence-electron chi connectivity index (χ1n) is 26.6. The fourth-order valence-corrected chi connectivity index (χ4v) is 15.7. The third kappa shape index (κ3) is 9.09. The number of carbonyl (C=O) groups is 1. The van der Waals surface area contributed by atoms with Crippen molar-refractivity contribution in [2.75, 3.05) is 26.4 Å². The van der Waals surface area contributed by atoms with Crippen molar-refractivity contribution in [3.8, 4) is 0 Å². The van der Waals surface area contributed by atoms with E-state index in [1.165, 1.54) is 6.92 Å². The number of ether oxygens (including phenoxy) is 8. The Kier molecular flexibility index (Phi) is 16.1. The molecular weight excluding hydrogens is 977 g/mol. The predicted molar refractivity (Wildman–Crippen MR) is 252 cm³/mol. The highest BCUT2D eigenvalue weighted by molar-refractivity contribution is 5.79. The van der Waals surface area contributed by atoms with Gasteiger partial charge in [-0.1, -0.05) is 51.5 Å². The van der Waals surface area contributed by atoms with Crippen molar-refractivity contribution in [1.82, 2.24) is 0 Å². The van der Waals surface area contributed by atoms with Crippen molar-refractivity contribution >= 4 is 5.97 Å². The maximum atomic E-state index is 14.9. The number of allylic oxidation sites excluding steroid dienone is 3. The lowest BCUT2D eigenvalue weighted by Crippen LogP contribution is -2.67. The molecule has 5 aliphatic carbocycles. The zero-order valence-corrected chi connectivity index (χ0v) is 43.0. The Morgan fingerprint density at radius 1 is 0.689 bits per heavy atom. The van der Waals surface area contributed by atoms with Gasteiger partial charge >= 0.3 is 5.97 Å². The molecular formula is C52H82O22. The number of esters is 1. The Bertz CT molecular complexity index is 2060. The molecule has 22 nitrogen and oxygen atoms in total. The highest BCUT2D eigenvalue weighted by Crippen LogP contribution is 2.75. The summed E-state index contributed by atoms with van der Waals surface area (Å²) < 4.78 is 47.4. The number of rotatable bonds is 11. The van der Waals surface area contributed by atoms with Crippen molar-refractivity contribution in [2.45, 2.75) is 222 Å². The van der Waals surface area contributed by atoms with Gasteiger partial charge in [0, 0.05) is 11.3 Å². The summed E-state index contributed by atoms with van der Waals surface area (Å²) >= 11 is 0. The average molecular weight is 1060 g/mol. The second-order valence-electron chi connectivity index (χ2n) is 24.3. The minimum Gasteiger partial charge on any atom is -0.432 e. The Labute approximate surface area is 430 Å². The van der Waals surface area contributed by atoms with E-state index >= 15 is 0 Å². The number of aliphatic hydroxyl groups is 13. The first-order valence-corrected chi connectivity index (χ1v) is 26.6. The monoisotopic (exact) mass is 1060 g/mol. The smallest absolute Gasteiger partial charge is 0.315 e. The Morgan fingerprint density at radius 2 is 1.34 bits per heavy atom. The van der Waals surface area contributed by atoms with Crippen LogP contribution in [0.25, 0.3) is 0 Å². The van der Waals surface area contributed by atoms with Crippen LogP contribution in [0.3, 0.4) is 0 Å². The summed E-state index contributed by atoms with van der Waals surface area (Å²) in [6.45, 7) is 13.1. The standard InChI is InChI=1S/C52H82O22/c1-22-9-14-52(47(66)74-45-41(65)38(62)35(59)28(71-45)20-68-43-39(63)37(61)34(58)27(18-53)70-43)16-15-50(5)24(25(52)17-22)7-8-30-48(3)12-11-31(49(4,21-54)29(48)10-13-51(30,50)6)72-46-42(33(57)26(55)19-67-46)73-44-40(64)36(60)32(56)23(2)69-44/h7,23,25-46,53-65H,1,8-21H2,2-6H3/t23-,25-,26-,27+,28+,29+,30+,31-,32-,33-,34+,35+,36+,37-,38-,39+,40+,41+,42+,43+,44-,45-,46-,48-,49-,50+,51+,52-/m0/s1. The van der Waals surface area contributed by atoms with E-state index in [4.69, 9.17) is 37.9 Å². The minimum atomic E-state index is -1.85. The van der Waals surface area contributed by atoms with Crippen LogP contribution in [0.2, 0.25) is 0 Å². The number of hydrogen-bond acceptors (Lipinski definition) is 22. The van der Waals surface area contributed by atoms with Crippen molar-refractivity contribution in [3.63, 3.8) is 0 Å². The Morgan fingerprint density at radius 3 is 2.03 bits per heavy atom. The predicted octanol–water partition coefficient (Wildman–Crippen LogP) is -1.87. The van der Waals surface area contributed by atoms with Crippen molar-refractivity contribution < 1.29 is 109 Å². The Balaban J connectivity index is 0.921. The van der Waals surface area contributed by atoms with E-state index in [2.05, 4.69) is 33.4 Å². The molecule has 28 atom stereocenters. The van der Waals surface area contributed by atoms with Gasteiger partial charge in [0.1, 0.15) is 85.5 Å². The fourth-order valence-electron chi connectivity index (χ4n) is 15.7. The summed E-state index contributed by atoms with van der Waals surface area (Å²) in [5.41, 5.74) is -0.713. The zero-order chi connectivity index (χ0) is 53.8. The molecule has 0 aromatic carbocycles. The summed E-state index contributed by atoms with van der Waals surface area (Å²) in [7, 11) is 0. The summed E-state index contributed by atoms with van der Waals surface area (Å²) in [6, 6.07) is 0. The molecule has 0 bridgehead atoms. The van der Waals surface area contributed by atoms with Crippen LogP contribution in [0.5, 0.6) is 0 Å². The number of aliphatic hydroxyl groups excluding tert-OH is 13. The van der Waals surface area contributed by atoms with E-state index in [9.17, 15) is 71.2 Å². The molecule has 22 heteroatoms. The van der Waals surface area contributed by atoms with Crippen molar-refractivity contribution in [1.29, 1.82) is 0 Å². The summed E-state index contributed by atoms with van der Waals surface area (Å²) in [4.78, 5) is 14.9. The molecule has 0 aromatic rings. The summed E-state index contributed by atoms with van der Waals surface area (Å²) in [5.74, 6) is -0.856. The van der Waals surface area contributed by atoms with Gasteiger partial charge in [0.15, 0.2) is 18.9 Å². The molecule has 8 fully saturated rings. The van der Waals surface area contributed by atoms with Gasteiger partial charge in [-0.05, 0) is 99.2 Å². The molecule has 0 unspecified atom stereocenters. The molecule has 13 N–H and O–H groups in total. The molecule has 74 heavy (non-hydrogen) atoms. The lowest BCUT2D eigenvalue weighted by molar-refractivity contribution is -0.365. The highest BCUT2D eigenvalue weighted by atomic mass is 16.8. The number of hydrogen-bond donors (Lipinski definition) is 13. The molecule has 9 aliphatic rings. The van der Waals surface area contributed by atoms with Gasteiger partial charge in [0.25, 0.3) is 0 Å². The zero-order valence-electron chi connectivity index (χ0n) is 43.0. The van der Waals surface area contributed by atoms with E-state index in [-0.39, 0.29) is 41.8 Å². The highest BCUT2D eigenvalue weighted by Gasteiger charge is 2.70. The first kappa shape index (κ1) is 56.9. The molecule has 422 valence electrons. The normalized spacial score (nSPS) is 54.7. The van der Waals surface area contributed by atoms with E-state index in [0.29, 0.717) is 51.4 Å². The third-order valence-electron chi connectivity index (χ3n) is 20.5. The lowest BCUT2D eigenvalue weighted by Gasteiger charge is -2.71. The van der Waals surface area contributed by atoms with Gasteiger partial charge in [-0.25, -0.2) is 0 Å². The van der Waals surface area contributed by atoms with Gasteiger partial charge in [-0.15, -0.1) is 0 Å². The Hall–Kier alpha value is -1.85. The molecule has 4 heterocycles. The van der Waals surface area contributed by atoms with Crippen LogP contribution in [0.1, 0.15) is 98.8 Å². The van der Waals surface area contributed by atoms with Gasteiger partial charge in [-0.3, -0.25) is 4.79 Å². The van der Waals surface area contributed by atoms with Gasteiger partial charge in [-0.2, -0.15) is 0 Å².